The van der Waals surface area contributed by atoms with E-state index >= 15 is 0 Å². The number of carboxylic acid groups (broad SMARTS) is 1. The van der Waals surface area contributed by atoms with E-state index in [0.717, 1.165) is 11.1 Å². The Kier molecular flexibility index (Phi) is 5.93. The fraction of sp³-hybridized carbons (Fsp3) is 0.208. The van der Waals surface area contributed by atoms with Crippen LogP contribution in [0.15, 0.2) is 77.9 Å². The molecule has 1 fully saturated rings. The molecule has 2 heterocycles. The number of aliphatic imine (C=N–C) groups is 1. The summed E-state index contributed by atoms with van der Waals surface area (Å²) in [6.45, 7) is 3.17. The quantitative estimate of drug-likeness (QED) is 0.630. The third-order valence-electron chi connectivity index (χ3n) is 5.36. The van der Waals surface area contributed by atoms with Crippen LogP contribution in [0.3, 0.4) is 0 Å². The number of carbonyl (C=O) groups is 1. The predicted molar refractivity (Wildman–Crippen MR) is 119 cm³/mol. The minimum atomic E-state index is -0.935. The summed E-state index contributed by atoms with van der Waals surface area (Å²) in [4.78, 5) is 23.5. The van der Waals surface area contributed by atoms with Crippen molar-refractivity contribution >= 4 is 23.3 Å². The maximum absolute atomic E-state index is 15.0. The number of nitrogens with zero attached hydrogens (tertiary/aromatic N) is 4. The van der Waals surface area contributed by atoms with Crippen LogP contribution in [0.1, 0.15) is 18.1 Å². The minimum Gasteiger partial charge on any atom is -0.465 e. The van der Waals surface area contributed by atoms with Crippen LogP contribution in [-0.4, -0.2) is 52.5 Å². The van der Waals surface area contributed by atoms with E-state index in [4.69, 9.17) is 0 Å². The van der Waals surface area contributed by atoms with Gasteiger partial charge < -0.3 is 14.9 Å². The number of anilines is 1. The van der Waals surface area contributed by atoms with Crippen molar-refractivity contribution in [3.8, 4) is 0 Å². The Balaban J connectivity index is 1.64. The fourth-order valence-electron chi connectivity index (χ4n) is 3.75. The molecule has 6 nitrogen and oxygen atoms in total. The van der Waals surface area contributed by atoms with Crippen LogP contribution in [0.4, 0.5) is 20.7 Å². The molecule has 0 spiro atoms. The van der Waals surface area contributed by atoms with Crippen LogP contribution in [0.5, 0.6) is 0 Å². The van der Waals surface area contributed by atoms with Crippen molar-refractivity contribution in [1.82, 2.24) is 9.88 Å². The fourth-order valence-corrected chi connectivity index (χ4v) is 3.75. The van der Waals surface area contributed by atoms with Crippen LogP contribution < -0.4 is 4.90 Å². The first-order chi connectivity index (χ1) is 15.0. The van der Waals surface area contributed by atoms with Gasteiger partial charge in [-0.05, 0) is 6.92 Å². The monoisotopic (exact) mass is 418 g/mol. The second kappa shape index (κ2) is 8.95. The number of halogens is 1. The summed E-state index contributed by atoms with van der Waals surface area (Å²) < 4.78 is 15.0. The van der Waals surface area contributed by atoms with E-state index in [1.807, 2.05) is 72.5 Å². The lowest BCUT2D eigenvalue weighted by Gasteiger charge is -2.39. The van der Waals surface area contributed by atoms with Gasteiger partial charge in [-0.2, -0.15) is 0 Å². The van der Waals surface area contributed by atoms with Gasteiger partial charge >= 0.3 is 6.09 Å². The van der Waals surface area contributed by atoms with Crippen molar-refractivity contribution < 1.29 is 14.3 Å². The normalized spacial score (nSPS) is 16.1. The summed E-state index contributed by atoms with van der Waals surface area (Å²) in [5.41, 5.74) is 3.01. The zero-order valence-corrected chi connectivity index (χ0v) is 17.1. The third kappa shape index (κ3) is 4.55. The molecule has 4 rings (SSSR count). The van der Waals surface area contributed by atoms with Gasteiger partial charge in [0, 0.05) is 42.9 Å². The van der Waals surface area contributed by atoms with Gasteiger partial charge in [-0.15, -0.1) is 0 Å². The molecule has 1 aliphatic heterocycles. The zero-order chi connectivity index (χ0) is 21.8. The molecule has 1 saturated heterocycles. The summed E-state index contributed by atoms with van der Waals surface area (Å²) in [6, 6.07) is 20.5. The Labute approximate surface area is 180 Å². The van der Waals surface area contributed by atoms with Crippen molar-refractivity contribution in [2.45, 2.75) is 13.0 Å². The van der Waals surface area contributed by atoms with Gasteiger partial charge in [0.2, 0.25) is 0 Å². The van der Waals surface area contributed by atoms with Crippen LogP contribution in [0.2, 0.25) is 0 Å². The molecule has 1 aromatic heterocycles. The van der Waals surface area contributed by atoms with Gasteiger partial charge in [0.05, 0.1) is 17.6 Å². The topological polar surface area (TPSA) is 69.0 Å². The Bertz CT molecular complexity index is 1050. The van der Waals surface area contributed by atoms with Gasteiger partial charge in [0.25, 0.3) is 0 Å². The molecule has 2 aromatic carbocycles. The van der Waals surface area contributed by atoms with Crippen LogP contribution in [-0.2, 0) is 0 Å². The highest BCUT2D eigenvalue weighted by atomic mass is 19.1. The summed E-state index contributed by atoms with van der Waals surface area (Å²) in [6.07, 6.45) is 0.661. The van der Waals surface area contributed by atoms with Crippen LogP contribution >= 0.6 is 0 Å². The van der Waals surface area contributed by atoms with E-state index < -0.39 is 11.9 Å². The molecule has 7 heteroatoms. The zero-order valence-electron chi connectivity index (χ0n) is 17.1. The average Bonchev–Trinajstić information content (AvgIpc) is 2.79. The van der Waals surface area contributed by atoms with E-state index in [1.54, 1.807) is 6.20 Å². The predicted octanol–water partition coefficient (Wildman–Crippen LogP) is 4.58. The first-order valence-corrected chi connectivity index (χ1v) is 10.1. The molecule has 158 valence electrons. The van der Waals surface area contributed by atoms with E-state index in [1.165, 1.54) is 11.0 Å². The number of benzene rings is 2. The van der Waals surface area contributed by atoms with Gasteiger partial charge in [0.15, 0.2) is 11.6 Å². The third-order valence-corrected chi connectivity index (χ3v) is 5.36. The SMILES string of the molecule is C[C@H]1CN(c2cnc(N=C(c3ccccc3)c3ccccc3)c(F)c2)CCN1C(=O)O. The van der Waals surface area contributed by atoms with Crippen molar-refractivity contribution in [1.29, 1.82) is 0 Å². The highest BCUT2D eigenvalue weighted by Crippen LogP contribution is 2.25. The first kappa shape index (κ1) is 20.5. The lowest BCUT2D eigenvalue weighted by molar-refractivity contribution is 0.122. The summed E-state index contributed by atoms with van der Waals surface area (Å²) in [5, 5.41) is 9.24. The van der Waals surface area contributed by atoms with Crippen molar-refractivity contribution in [2.75, 3.05) is 24.5 Å². The Morgan fingerprint density at radius 2 is 1.68 bits per heavy atom. The van der Waals surface area contributed by atoms with Crippen molar-refractivity contribution in [3.63, 3.8) is 0 Å². The number of hydrogen-bond donors (Lipinski definition) is 1. The number of amides is 1. The highest BCUT2D eigenvalue weighted by molar-refractivity contribution is 6.13. The minimum absolute atomic E-state index is 0.0173. The lowest BCUT2D eigenvalue weighted by atomic mass is 10.0. The molecule has 3 aromatic rings. The molecule has 0 radical (unpaired) electrons. The number of piperazine rings is 1. The Morgan fingerprint density at radius 3 is 2.19 bits per heavy atom. The van der Waals surface area contributed by atoms with Gasteiger partial charge in [-0.1, -0.05) is 60.7 Å². The number of aromatic nitrogens is 1. The molecule has 1 aliphatic rings. The summed E-state index contributed by atoms with van der Waals surface area (Å²) in [7, 11) is 0. The highest BCUT2D eigenvalue weighted by Gasteiger charge is 2.27. The molecule has 0 bridgehead atoms. The smallest absolute Gasteiger partial charge is 0.407 e. The van der Waals surface area contributed by atoms with E-state index in [9.17, 15) is 14.3 Å². The summed E-state index contributed by atoms with van der Waals surface area (Å²) in [5.74, 6) is -0.501. The van der Waals surface area contributed by atoms with Crippen LogP contribution in [0, 0.1) is 5.82 Å². The average molecular weight is 418 g/mol. The molecular formula is C24H23FN4O2. The Morgan fingerprint density at radius 1 is 1.06 bits per heavy atom. The van der Waals surface area contributed by atoms with Gasteiger partial charge in [0.1, 0.15) is 0 Å². The number of rotatable bonds is 4. The van der Waals surface area contributed by atoms with E-state index in [0.29, 0.717) is 31.0 Å². The van der Waals surface area contributed by atoms with E-state index in [-0.39, 0.29) is 11.9 Å². The van der Waals surface area contributed by atoms with Gasteiger partial charge in [-0.3, -0.25) is 0 Å². The molecule has 1 amide bonds. The molecule has 1 N–H and O–H groups in total. The molecular weight excluding hydrogens is 395 g/mol. The maximum Gasteiger partial charge on any atom is 0.407 e. The number of pyridine rings is 1. The Hall–Kier alpha value is -3.74. The second-order valence-electron chi connectivity index (χ2n) is 7.46. The second-order valence-corrected chi connectivity index (χ2v) is 7.46. The lowest BCUT2D eigenvalue weighted by Crippen LogP contribution is -2.53. The number of hydrogen-bond acceptors (Lipinski definition) is 4. The first-order valence-electron chi connectivity index (χ1n) is 10.1. The summed E-state index contributed by atoms with van der Waals surface area (Å²) >= 11 is 0. The molecule has 0 saturated carbocycles. The largest absolute Gasteiger partial charge is 0.465 e. The van der Waals surface area contributed by atoms with Crippen molar-refractivity contribution in [3.05, 3.63) is 89.9 Å². The maximum atomic E-state index is 15.0. The van der Waals surface area contributed by atoms with E-state index in [2.05, 4.69) is 9.98 Å². The molecule has 0 unspecified atom stereocenters. The molecule has 0 aliphatic carbocycles. The van der Waals surface area contributed by atoms with Gasteiger partial charge in [-0.25, -0.2) is 19.2 Å². The van der Waals surface area contributed by atoms with Crippen LogP contribution in [0.25, 0.3) is 0 Å². The standard InChI is InChI=1S/C24H23FN4O2/c1-17-16-28(12-13-29(17)24(30)31)20-14-21(25)23(26-15-20)27-22(18-8-4-2-5-9-18)19-10-6-3-7-11-19/h2-11,14-15,17H,12-13,16H2,1H3,(H,30,31)/t17-/m0/s1. The molecule has 31 heavy (non-hydrogen) atoms. The molecule has 1 atom stereocenters. The van der Waals surface area contributed by atoms with Crippen molar-refractivity contribution in [2.24, 2.45) is 4.99 Å².